The first-order valence-corrected chi connectivity index (χ1v) is 8.86. The molecule has 3 aromatic rings. The molecule has 1 aromatic carbocycles. The van der Waals surface area contributed by atoms with E-state index in [4.69, 9.17) is 17.0 Å². The molecule has 2 atom stereocenters. The molecule has 1 aliphatic rings. The lowest BCUT2D eigenvalue weighted by molar-refractivity contribution is 0.414. The molecular formula is C20H20N4OS. The fourth-order valence-electron chi connectivity index (χ4n) is 3.53. The largest absolute Gasteiger partial charge is 0.495 e. The van der Waals surface area contributed by atoms with E-state index in [0.717, 1.165) is 22.8 Å². The van der Waals surface area contributed by atoms with Gasteiger partial charge in [0.1, 0.15) is 11.8 Å². The number of rotatable bonds is 4. The highest BCUT2D eigenvalue weighted by Gasteiger charge is 2.42. The zero-order valence-electron chi connectivity index (χ0n) is 14.7. The van der Waals surface area contributed by atoms with Crippen LogP contribution in [0.3, 0.4) is 0 Å². The lowest BCUT2D eigenvalue weighted by Gasteiger charge is -2.29. The summed E-state index contributed by atoms with van der Waals surface area (Å²) in [4.78, 5) is 6.69. The van der Waals surface area contributed by atoms with E-state index in [0.29, 0.717) is 5.11 Å². The molecule has 0 amide bonds. The molecule has 0 bridgehead atoms. The van der Waals surface area contributed by atoms with E-state index < -0.39 is 0 Å². The second-order valence-electron chi connectivity index (χ2n) is 6.21. The third-order valence-corrected chi connectivity index (χ3v) is 5.04. The summed E-state index contributed by atoms with van der Waals surface area (Å²) in [6, 6.07) is 18.0. The Balaban J connectivity index is 1.87. The van der Waals surface area contributed by atoms with E-state index in [9.17, 15) is 0 Å². The maximum Gasteiger partial charge on any atom is 0.174 e. The zero-order chi connectivity index (χ0) is 18.1. The maximum absolute atomic E-state index is 5.72. The molecule has 26 heavy (non-hydrogen) atoms. The van der Waals surface area contributed by atoms with E-state index in [1.807, 2.05) is 68.0 Å². The summed E-state index contributed by atoms with van der Waals surface area (Å²) in [6.07, 6.45) is 3.86. The highest BCUT2D eigenvalue weighted by atomic mass is 32.1. The van der Waals surface area contributed by atoms with Crippen molar-refractivity contribution in [1.82, 2.24) is 14.9 Å². The van der Waals surface area contributed by atoms with E-state index in [1.165, 1.54) is 0 Å². The monoisotopic (exact) mass is 364 g/mol. The van der Waals surface area contributed by atoms with Gasteiger partial charge in [0, 0.05) is 25.1 Å². The minimum atomic E-state index is -0.0535. The molecule has 2 aromatic heterocycles. The highest BCUT2D eigenvalue weighted by molar-refractivity contribution is 7.80. The van der Waals surface area contributed by atoms with Gasteiger partial charge in [0.2, 0.25) is 0 Å². The van der Waals surface area contributed by atoms with Crippen LogP contribution in [0.15, 0.2) is 67.0 Å². The molecule has 0 saturated carbocycles. The van der Waals surface area contributed by atoms with Crippen molar-refractivity contribution in [3.05, 3.63) is 78.4 Å². The van der Waals surface area contributed by atoms with Crippen molar-refractivity contribution in [2.45, 2.75) is 12.1 Å². The Morgan fingerprint density at radius 2 is 1.88 bits per heavy atom. The molecule has 0 aliphatic carbocycles. The van der Waals surface area contributed by atoms with Gasteiger partial charge in [-0.3, -0.25) is 4.98 Å². The molecule has 5 nitrogen and oxygen atoms in total. The molecule has 0 radical (unpaired) electrons. The molecular weight excluding hydrogens is 344 g/mol. The van der Waals surface area contributed by atoms with Crippen LogP contribution >= 0.6 is 12.2 Å². The second-order valence-corrected chi connectivity index (χ2v) is 6.60. The Labute approximate surface area is 158 Å². The highest BCUT2D eigenvalue weighted by Crippen LogP contribution is 2.44. The quantitative estimate of drug-likeness (QED) is 0.717. The van der Waals surface area contributed by atoms with Crippen molar-refractivity contribution in [3.8, 4) is 5.75 Å². The van der Waals surface area contributed by atoms with Crippen LogP contribution in [-0.2, 0) is 7.05 Å². The summed E-state index contributed by atoms with van der Waals surface area (Å²) in [5.41, 5.74) is 3.05. The van der Waals surface area contributed by atoms with Gasteiger partial charge >= 0.3 is 0 Å². The first kappa shape index (κ1) is 16.6. The first-order valence-electron chi connectivity index (χ1n) is 8.45. The van der Waals surface area contributed by atoms with Gasteiger partial charge < -0.3 is 19.5 Å². The van der Waals surface area contributed by atoms with Gasteiger partial charge in [-0.05, 0) is 48.6 Å². The predicted molar refractivity (Wildman–Crippen MR) is 106 cm³/mol. The van der Waals surface area contributed by atoms with Crippen molar-refractivity contribution in [2.24, 2.45) is 7.05 Å². The van der Waals surface area contributed by atoms with Gasteiger partial charge in [-0.15, -0.1) is 0 Å². The topological polar surface area (TPSA) is 42.3 Å². The number of para-hydroxylation sites is 2. The summed E-state index contributed by atoms with van der Waals surface area (Å²) in [5.74, 6) is 0.789. The minimum Gasteiger partial charge on any atom is -0.495 e. The number of benzene rings is 1. The predicted octanol–water partition coefficient (Wildman–Crippen LogP) is 3.61. The Morgan fingerprint density at radius 1 is 1.08 bits per heavy atom. The third kappa shape index (κ3) is 2.72. The number of hydrogen-bond acceptors (Lipinski definition) is 3. The molecule has 6 heteroatoms. The average molecular weight is 364 g/mol. The third-order valence-electron chi connectivity index (χ3n) is 4.73. The summed E-state index contributed by atoms with van der Waals surface area (Å²) in [7, 11) is 3.73. The van der Waals surface area contributed by atoms with Crippen molar-refractivity contribution in [1.29, 1.82) is 0 Å². The summed E-state index contributed by atoms with van der Waals surface area (Å²) in [6.45, 7) is 0. The average Bonchev–Trinajstić information content (AvgIpc) is 3.25. The molecule has 3 heterocycles. The standard InChI is InChI=1S/C20H20N4OS/c1-23-13-7-10-16(23)19-18(14-8-5-6-12-21-14)22-20(26)24(19)15-9-3-4-11-17(15)25-2/h3-13,18-19H,1-2H3,(H,22,26). The number of thiocarbonyl (C=S) groups is 1. The van der Waals surface area contributed by atoms with Crippen molar-refractivity contribution >= 4 is 23.0 Å². The van der Waals surface area contributed by atoms with Crippen LogP contribution in [-0.4, -0.2) is 21.8 Å². The molecule has 1 fully saturated rings. The summed E-state index contributed by atoms with van der Waals surface area (Å²) < 4.78 is 7.72. The van der Waals surface area contributed by atoms with Gasteiger partial charge in [-0.2, -0.15) is 0 Å². The van der Waals surface area contributed by atoms with E-state index in [-0.39, 0.29) is 12.1 Å². The molecule has 132 valence electrons. The van der Waals surface area contributed by atoms with Crippen LogP contribution in [0.1, 0.15) is 23.5 Å². The molecule has 1 aliphatic heterocycles. The van der Waals surface area contributed by atoms with Crippen LogP contribution in [0.5, 0.6) is 5.75 Å². The van der Waals surface area contributed by atoms with Crippen LogP contribution < -0.4 is 15.0 Å². The molecule has 1 N–H and O–H groups in total. The second kappa shape index (κ2) is 6.80. The first-order chi connectivity index (χ1) is 12.7. The maximum atomic E-state index is 5.72. The fourth-order valence-corrected chi connectivity index (χ4v) is 3.86. The molecule has 1 saturated heterocycles. The number of aromatic nitrogens is 2. The van der Waals surface area contributed by atoms with Crippen molar-refractivity contribution in [2.75, 3.05) is 12.0 Å². The van der Waals surface area contributed by atoms with Crippen LogP contribution in [0.4, 0.5) is 5.69 Å². The molecule has 0 spiro atoms. The number of pyridine rings is 1. The van der Waals surface area contributed by atoms with Gasteiger partial charge in [0.25, 0.3) is 0 Å². The van der Waals surface area contributed by atoms with Gasteiger partial charge in [-0.1, -0.05) is 18.2 Å². The Morgan fingerprint density at radius 3 is 2.58 bits per heavy atom. The normalized spacial score (nSPS) is 19.5. The fraction of sp³-hybridized carbons (Fsp3) is 0.200. The van der Waals surface area contributed by atoms with Gasteiger partial charge in [-0.25, -0.2) is 0 Å². The number of hydrogen-bond donors (Lipinski definition) is 1. The lowest BCUT2D eigenvalue weighted by Crippen LogP contribution is -2.30. The smallest absolute Gasteiger partial charge is 0.174 e. The van der Waals surface area contributed by atoms with Crippen molar-refractivity contribution in [3.63, 3.8) is 0 Å². The van der Waals surface area contributed by atoms with Crippen LogP contribution in [0, 0.1) is 0 Å². The van der Waals surface area contributed by atoms with E-state index in [1.54, 1.807) is 7.11 Å². The Bertz CT molecular complexity index is 924. The number of aryl methyl sites for hydroxylation is 1. The minimum absolute atomic E-state index is 0.0336. The number of nitrogens with zero attached hydrogens (tertiary/aromatic N) is 3. The molecule has 4 rings (SSSR count). The Hall–Kier alpha value is -2.86. The van der Waals surface area contributed by atoms with Crippen LogP contribution in [0.25, 0.3) is 0 Å². The number of anilines is 1. The van der Waals surface area contributed by atoms with Crippen LogP contribution in [0.2, 0.25) is 0 Å². The number of nitrogens with one attached hydrogen (secondary N) is 1. The summed E-state index contributed by atoms with van der Waals surface area (Å²) in [5, 5.41) is 4.12. The van der Waals surface area contributed by atoms with E-state index >= 15 is 0 Å². The number of methoxy groups -OCH3 is 1. The molecule has 2 unspecified atom stereocenters. The van der Waals surface area contributed by atoms with Crippen molar-refractivity contribution < 1.29 is 4.74 Å². The van der Waals surface area contributed by atoms with Gasteiger partial charge in [0.05, 0.1) is 24.5 Å². The zero-order valence-corrected chi connectivity index (χ0v) is 15.5. The lowest BCUT2D eigenvalue weighted by atomic mass is 10.0. The summed E-state index contributed by atoms with van der Waals surface area (Å²) >= 11 is 5.72. The van der Waals surface area contributed by atoms with Gasteiger partial charge in [0.15, 0.2) is 5.11 Å². The number of ether oxygens (including phenoxy) is 1. The van der Waals surface area contributed by atoms with E-state index in [2.05, 4.69) is 25.8 Å². The Kier molecular flexibility index (Phi) is 4.34. The SMILES string of the molecule is COc1ccccc1N1C(=S)NC(c2ccccn2)C1c1cccn1C.